The van der Waals surface area contributed by atoms with E-state index in [-0.39, 0.29) is 11.5 Å². The van der Waals surface area contributed by atoms with Crippen LogP contribution in [0.4, 0.5) is 8.78 Å². The van der Waals surface area contributed by atoms with Crippen molar-refractivity contribution < 1.29 is 13.6 Å². The second-order valence-electron chi connectivity index (χ2n) is 7.23. The summed E-state index contributed by atoms with van der Waals surface area (Å²) in [6.45, 7) is 4.58. The fraction of sp³-hybridized carbons (Fsp3) is 0.526. The van der Waals surface area contributed by atoms with Gasteiger partial charge in [0.05, 0.1) is 13.1 Å². The van der Waals surface area contributed by atoms with E-state index in [1.54, 1.807) is 4.90 Å². The highest BCUT2D eigenvalue weighted by atomic mass is 19.2. The predicted molar refractivity (Wildman–Crippen MR) is 94.9 cm³/mol. The number of nitrogens with zero attached hydrogens (tertiary/aromatic N) is 5. The zero-order valence-electron chi connectivity index (χ0n) is 15.2. The van der Waals surface area contributed by atoms with Crippen LogP contribution in [0, 0.1) is 11.6 Å². The fourth-order valence-electron chi connectivity index (χ4n) is 3.84. The van der Waals surface area contributed by atoms with Crippen molar-refractivity contribution in [1.29, 1.82) is 0 Å². The number of rotatable bonds is 3. The number of carbonyl (C=O) groups is 1. The number of carbonyl (C=O) groups excluding carboxylic acids is 1. The van der Waals surface area contributed by atoms with Crippen LogP contribution in [0.2, 0.25) is 0 Å². The molecule has 8 heteroatoms. The molecule has 1 fully saturated rings. The number of piperidine rings is 1. The molecule has 27 heavy (non-hydrogen) atoms. The van der Waals surface area contributed by atoms with Gasteiger partial charge in [-0.05, 0) is 50.6 Å². The first-order chi connectivity index (χ1) is 13.1. The zero-order chi connectivity index (χ0) is 18.8. The van der Waals surface area contributed by atoms with Crippen molar-refractivity contribution >= 4 is 5.91 Å². The SMILES string of the molecule is O=C(c1ccc(F)c(F)c1)N1CCCn2c(CN3CCCCC3)nnc2C1. The molecule has 4 rings (SSSR count). The summed E-state index contributed by atoms with van der Waals surface area (Å²) >= 11 is 0. The lowest BCUT2D eigenvalue weighted by Crippen LogP contribution is -2.31. The monoisotopic (exact) mass is 375 g/mol. The van der Waals surface area contributed by atoms with Gasteiger partial charge in [0.2, 0.25) is 0 Å². The lowest BCUT2D eigenvalue weighted by molar-refractivity contribution is 0.0743. The molecule has 1 amide bonds. The van der Waals surface area contributed by atoms with Crippen molar-refractivity contribution in [2.24, 2.45) is 0 Å². The first-order valence-electron chi connectivity index (χ1n) is 9.49. The molecule has 0 aliphatic carbocycles. The predicted octanol–water partition coefficient (Wildman–Crippen LogP) is 2.59. The van der Waals surface area contributed by atoms with Gasteiger partial charge in [-0.1, -0.05) is 6.42 Å². The number of amides is 1. The van der Waals surface area contributed by atoms with E-state index in [9.17, 15) is 13.6 Å². The van der Waals surface area contributed by atoms with E-state index < -0.39 is 11.6 Å². The molecule has 0 saturated carbocycles. The molecule has 2 aliphatic rings. The zero-order valence-corrected chi connectivity index (χ0v) is 15.2. The van der Waals surface area contributed by atoms with Crippen LogP contribution in [0.5, 0.6) is 0 Å². The lowest BCUT2D eigenvalue weighted by Gasteiger charge is -2.25. The largest absolute Gasteiger partial charge is 0.331 e. The van der Waals surface area contributed by atoms with Crippen molar-refractivity contribution in [2.45, 2.75) is 45.3 Å². The minimum Gasteiger partial charge on any atom is -0.331 e. The molecule has 0 unspecified atom stereocenters. The van der Waals surface area contributed by atoms with Crippen molar-refractivity contribution in [2.75, 3.05) is 19.6 Å². The Bertz CT molecular complexity index is 832. The molecule has 0 spiro atoms. The molecule has 0 atom stereocenters. The third kappa shape index (κ3) is 3.85. The molecule has 2 aromatic rings. The van der Waals surface area contributed by atoms with Gasteiger partial charge in [-0.3, -0.25) is 9.69 Å². The maximum absolute atomic E-state index is 13.5. The molecule has 0 bridgehead atoms. The third-order valence-corrected chi connectivity index (χ3v) is 5.31. The molecule has 1 aromatic heterocycles. The molecule has 1 aromatic carbocycles. The van der Waals surface area contributed by atoms with E-state index in [2.05, 4.69) is 19.7 Å². The Morgan fingerprint density at radius 1 is 0.963 bits per heavy atom. The van der Waals surface area contributed by atoms with E-state index in [4.69, 9.17) is 0 Å². The van der Waals surface area contributed by atoms with Crippen LogP contribution in [-0.4, -0.2) is 50.1 Å². The topological polar surface area (TPSA) is 54.3 Å². The molecular formula is C19H23F2N5O. The maximum atomic E-state index is 13.5. The number of hydrogen-bond donors (Lipinski definition) is 0. The van der Waals surface area contributed by atoms with Gasteiger partial charge in [-0.2, -0.15) is 0 Å². The summed E-state index contributed by atoms with van der Waals surface area (Å²) in [5.41, 5.74) is 0.149. The average molecular weight is 375 g/mol. The van der Waals surface area contributed by atoms with Gasteiger partial charge in [0.1, 0.15) is 5.82 Å². The number of aromatic nitrogens is 3. The lowest BCUT2D eigenvalue weighted by atomic mass is 10.1. The summed E-state index contributed by atoms with van der Waals surface area (Å²) in [6.07, 6.45) is 4.50. The van der Waals surface area contributed by atoms with E-state index >= 15 is 0 Å². The van der Waals surface area contributed by atoms with E-state index in [0.29, 0.717) is 13.1 Å². The quantitative estimate of drug-likeness (QED) is 0.828. The molecule has 2 aliphatic heterocycles. The summed E-state index contributed by atoms with van der Waals surface area (Å²) in [5, 5.41) is 8.65. The van der Waals surface area contributed by atoms with Crippen LogP contribution in [0.25, 0.3) is 0 Å². The Morgan fingerprint density at radius 3 is 2.56 bits per heavy atom. The Morgan fingerprint density at radius 2 is 1.78 bits per heavy atom. The van der Waals surface area contributed by atoms with Crippen molar-refractivity contribution in [1.82, 2.24) is 24.6 Å². The second-order valence-corrected chi connectivity index (χ2v) is 7.23. The minimum atomic E-state index is -1.01. The number of fused-ring (bicyclic) bond motifs is 1. The van der Waals surface area contributed by atoms with Gasteiger partial charge in [0.25, 0.3) is 5.91 Å². The first kappa shape index (κ1) is 18.0. The van der Waals surface area contributed by atoms with Gasteiger partial charge in [-0.25, -0.2) is 8.78 Å². The Hall–Kier alpha value is -2.35. The fourth-order valence-corrected chi connectivity index (χ4v) is 3.84. The van der Waals surface area contributed by atoms with Gasteiger partial charge in [0, 0.05) is 18.7 Å². The highest BCUT2D eigenvalue weighted by Gasteiger charge is 2.25. The molecule has 6 nitrogen and oxygen atoms in total. The van der Waals surface area contributed by atoms with Crippen molar-refractivity contribution in [3.63, 3.8) is 0 Å². The highest BCUT2D eigenvalue weighted by Crippen LogP contribution is 2.19. The van der Waals surface area contributed by atoms with E-state index in [1.807, 2.05) is 0 Å². The van der Waals surface area contributed by atoms with Gasteiger partial charge in [0.15, 0.2) is 17.5 Å². The Kier molecular flexibility index (Phi) is 5.15. The van der Waals surface area contributed by atoms with Crippen LogP contribution in [-0.2, 0) is 19.6 Å². The first-order valence-corrected chi connectivity index (χ1v) is 9.49. The number of likely N-dealkylation sites (tertiary alicyclic amines) is 1. The molecule has 144 valence electrons. The molecule has 1 saturated heterocycles. The van der Waals surface area contributed by atoms with Crippen LogP contribution < -0.4 is 0 Å². The summed E-state index contributed by atoms with van der Waals surface area (Å²) in [6, 6.07) is 3.26. The molecule has 0 radical (unpaired) electrons. The molecule has 3 heterocycles. The van der Waals surface area contributed by atoms with Crippen LogP contribution in [0.15, 0.2) is 18.2 Å². The normalized spacial score (nSPS) is 18.2. The number of hydrogen-bond acceptors (Lipinski definition) is 4. The van der Waals surface area contributed by atoms with Crippen molar-refractivity contribution in [3.05, 3.63) is 47.0 Å². The second kappa shape index (κ2) is 7.72. The van der Waals surface area contributed by atoms with Crippen LogP contribution in [0.3, 0.4) is 0 Å². The summed E-state index contributed by atoms with van der Waals surface area (Å²) in [4.78, 5) is 16.7. The van der Waals surface area contributed by atoms with E-state index in [0.717, 1.165) is 56.4 Å². The number of halogens is 2. The standard InChI is InChI=1S/C19H23F2N5O/c20-15-6-5-14(11-16(15)21)19(27)25-9-4-10-26-17(22-23-18(26)13-25)12-24-7-2-1-3-8-24/h5-6,11H,1-4,7-10,12-13H2. The Balaban J connectivity index is 1.49. The minimum absolute atomic E-state index is 0.149. The summed E-state index contributed by atoms with van der Waals surface area (Å²) in [5.74, 6) is -0.598. The molecular weight excluding hydrogens is 352 g/mol. The van der Waals surface area contributed by atoms with E-state index in [1.165, 1.54) is 25.3 Å². The maximum Gasteiger partial charge on any atom is 0.254 e. The average Bonchev–Trinajstić information content (AvgIpc) is 2.92. The smallest absolute Gasteiger partial charge is 0.254 e. The summed E-state index contributed by atoms with van der Waals surface area (Å²) in [7, 11) is 0. The highest BCUT2D eigenvalue weighted by molar-refractivity contribution is 5.94. The van der Waals surface area contributed by atoms with Gasteiger partial charge >= 0.3 is 0 Å². The van der Waals surface area contributed by atoms with Crippen LogP contribution in [0.1, 0.15) is 47.7 Å². The Labute approximate surface area is 156 Å². The summed E-state index contributed by atoms with van der Waals surface area (Å²) < 4.78 is 28.7. The van der Waals surface area contributed by atoms with Crippen molar-refractivity contribution in [3.8, 4) is 0 Å². The molecule has 0 N–H and O–H groups in total. The van der Waals surface area contributed by atoms with Gasteiger partial charge < -0.3 is 9.47 Å². The van der Waals surface area contributed by atoms with Gasteiger partial charge in [-0.15, -0.1) is 10.2 Å². The van der Waals surface area contributed by atoms with Crippen LogP contribution >= 0.6 is 0 Å². The number of benzene rings is 1. The third-order valence-electron chi connectivity index (χ3n) is 5.31.